The molecule has 0 aliphatic carbocycles. The summed E-state index contributed by atoms with van der Waals surface area (Å²) in [6.07, 6.45) is 1.53. The SMILES string of the molecule is COC(CN(C)c1ccc(Br)cn1)OC. The number of anilines is 1. The zero-order chi connectivity index (χ0) is 11.3. The molecule has 1 aromatic rings. The zero-order valence-electron chi connectivity index (χ0n) is 9.11. The number of aromatic nitrogens is 1. The van der Waals surface area contributed by atoms with Crippen LogP contribution in [0.1, 0.15) is 0 Å². The number of ether oxygens (including phenoxy) is 2. The van der Waals surface area contributed by atoms with Crippen molar-refractivity contribution >= 4 is 21.7 Å². The molecule has 0 amide bonds. The predicted molar refractivity (Wildman–Crippen MR) is 63.0 cm³/mol. The number of hydrogen-bond acceptors (Lipinski definition) is 4. The van der Waals surface area contributed by atoms with Crippen molar-refractivity contribution in [3.8, 4) is 0 Å². The van der Waals surface area contributed by atoms with E-state index >= 15 is 0 Å². The number of methoxy groups -OCH3 is 2. The molecule has 0 fully saturated rings. The summed E-state index contributed by atoms with van der Waals surface area (Å²) in [5.74, 6) is 0.886. The van der Waals surface area contributed by atoms with Gasteiger partial charge in [0.15, 0.2) is 6.29 Å². The Bertz CT molecular complexity index is 288. The normalized spacial score (nSPS) is 10.7. The largest absolute Gasteiger partial charge is 0.355 e. The Balaban J connectivity index is 2.60. The minimum absolute atomic E-state index is 0.236. The first-order valence-corrected chi connectivity index (χ1v) is 5.35. The number of likely N-dealkylation sites (N-methyl/N-ethyl adjacent to an activating group) is 1. The maximum absolute atomic E-state index is 5.11. The predicted octanol–water partition coefficient (Wildman–Crippen LogP) is 1.90. The third kappa shape index (κ3) is 3.77. The lowest BCUT2D eigenvalue weighted by atomic mass is 10.4. The molecule has 0 aliphatic rings. The van der Waals surface area contributed by atoms with Crippen molar-refractivity contribution in [3.63, 3.8) is 0 Å². The van der Waals surface area contributed by atoms with Crippen LogP contribution in [0.5, 0.6) is 0 Å². The van der Waals surface area contributed by atoms with Gasteiger partial charge >= 0.3 is 0 Å². The fourth-order valence-electron chi connectivity index (χ4n) is 1.16. The van der Waals surface area contributed by atoms with E-state index < -0.39 is 0 Å². The first-order valence-electron chi connectivity index (χ1n) is 4.55. The molecule has 4 nitrogen and oxygen atoms in total. The van der Waals surface area contributed by atoms with Gasteiger partial charge in [0.05, 0.1) is 6.54 Å². The van der Waals surface area contributed by atoms with E-state index in [2.05, 4.69) is 20.9 Å². The van der Waals surface area contributed by atoms with Crippen LogP contribution >= 0.6 is 15.9 Å². The van der Waals surface area contributed by atoms with Crippen LogP contribution in [0, 0.1) is 0 Å². The zero-order valence-corrected chi connectivity index (χ0v) is 10.7. The molecule has 0 spiro atoms. The molecule has 0 bridgehead atoms. The second kappa shape index (κ2) is 6.05. The molecule has 0 unspecified atom stereocenters. The Morgan fingerprint density at radius 3 is 2.53 bits per heavy atom. The first kappa shape index (κ1) is 12.4. The van der Waals surface area contributed by atoms with Gasteiger partial charge in [0.2, 0.25) is 0 Å². The first-order chi connectivity index (χ1) is 7.17. The van der Waals surface area contributed by atoms with E-state index in [1.54, 1.807) is 20.4 Å². The Labute approximate surface area is 98.3 Å². The van der Waals surface area contributed by atoms with Gasteiger partial charge in [-0.1, -0.05) is 0 Å². The van der Waals surface area contributed by atoms with Gasteiger partial charge in [-0.3, -0.25) is 0 Å². The van der Waals surface area contributed by atoms with Gasteiger partial charge in [0.25, 0.3) is 0 Å². The lowest BCUT2D eigenvalue weighted by Crippen LogP contribution is -2.32. The number of halogens is 1. The number of nitrogens with zero attached hydrogens (tertiary/aromatic N) is 2. The van der Waals surface area contributed by atoms with E-state index in [9.17, 15) is 0 Å². The molecule has 1 rings (SSSR count). The van der Waals surface area contributed by atoms with Gasteiger partial charge in [0, 0.05) is 31.9 Å². The lowest BCUT2D eigenvalue weighted by Gasteiger charge is -2.22. The summed E-state index contributed by atoms with van der Waals surface area (Å²) in [4.78, 5) is 6.24. The maximum Gasteiger partial charge on any atom is 0.174 e. The van der Waals surface area contributed by atoms with Gasteiger partial charge in [-0.15, -0.1) is 0 Å². The quantitative estimate of drug-likeness (QED) is 0.769. The smallest absolute Gasteiger partial charge is 0.174 e. The number of hydrogen-bond donors (Lipinski definition) is 0. The van der Waals surface area contributed by atoms with Crippen LogP contribution < -0.4 is 4.90 Å². The summed E-state index contributed by atoms with van der Waals surface area (Å²) in [6.45, 7) is 0.641. The Morgan fingerprint density at radius 1 is 1.40 bits per heavy atom. The highest BCUT2D eigenvalue weighted by atomic mass is 79.9. The number of pyridine rings is 1. The molecule has 84 valence electrons. The van der Waals surface area contributed by atoms with Gasteiger partial charge in [-0.25, -0.2) is 4.98 Å². The average Bonchev–Trinajstić information content (AvgIpc) is 2.26. The van der Waals surface area contributed by atoms with E-state index in [0.29, 0.717) is 6.54 Å². The lowest BCUT2D eigenvalue weighted by molar-refractivity contribution is -0.0944. The molecule has 0 N–H and O–H groups in total. The fraction of sp³-hybridized carbons (Fsp3) is 0.500. The van der Waals surface area contributed by atoms with E-state index in [4.69, 9.17) is 9.47 Å². The molecular weight excluding hydrogens is 260 g/mol. The van der Waals surface area contributed by atoms with Gasteiger partial charge in [-0.2, -0.15) is 0 Å². The minimum atomic E-state index is -0.236. The molecule has 0 radical (unpaired) electrons. The summed E-state index contributed by atoms with van der Waals surface area (Å²) in [6, 6.07) is 3.89. The molecule has 5 heteroatoms. The van der Waals surface area contributed by atoms with Crippen molar-refractivity contribution in [2.45, 2.75) is 6.29 Å². The van der Waals surface area contributed by atoms with Crippen LogP contribution in [0.4, 0.5) is 5.82 Å². The Morgan fingerprint density at radius 2 is 2.07 bits per heavy atom. The van der Waals surface area contributed by atoms with E-state index in [0.717, 1.165) is 10.3 Å². The standard InChI is InChI=1S/C10H15BrN2O2/c1-13(7-10(14-2)15-3)9-5-4-8(11)6-12-9/h4-6,10H,7H2,1-3H3. The third-order valence-corrected chi connectivity index (χ3v) is 2.52. The second-order valence-electron chi connectivity index (χ2n) is 3.12. The topological polar surface area (TPSA) is 34.6 Å². The van der Waals surface area contributed by atoms with Crippen molar-refractivity contribution in [1.29, 1.82) is 0 Å². The molecule has 1 aromatic heterocycles. The molecular formula is C10H15BrN2O2. The van der Waals surface area contributed by atoms with Crippen LogP contribution in [-0.4, -0.2) is 39.1 Å². The summed E-state index contributed by atoms with van der Waals surface area (Å²) in [7, 11) is 5.19. The molecule has 15 heavy (non-hydrogen) atoms. The van der Waals surface area contributed by atoms with Crippen molar-refractivity contribution < 1.29 is 9.47 Å². The van der Waals surface area contributed by atoms with Gasteiger partial charge in [0.1, 0.15) is 5.82 Å². The van der Waals surface area contributed by atoms with Crippen molar-refractivity contribution in [1.82, 2.24) is 4.98 Å². The van der Waals surface area contributed by atoms with Crippen LogP contribution in [0.15, 0.2) is 22.8 Å². The summed E-state index contributed by atoms with van der Waals surface area (Å²) in [5, 5.41) is 0. The average molecular weight is 275 g/mol. The molecule has 0 atom stereocenters. The maximum atomic E-state index is 5.11. The highest BCUT2D eigenvalue weighted by Gasteiger charge is 2.10. The molecule has 0 aromatic carbocycles. The fourth-order valence-corrected chi connectivity index (χ4v) is 1.39. The van der Waals surface area contributed by atoms with Gasteiger partial charge < -0.3 is 14.4 Å². The molecule has 0 saturated carbocycles. The molecule has 0 saturated heterocycles. The Hall–Kier alpha value is -0.650. The summed E-state index contributed by atoms with van der Waals surface area (Å²) >= 11 is 3.34. The van der Waals surface area contributed by atoms with Crippen molar-refractivity contribution in [3.05, 3.63) is 22.8 Å². The van der Waals surface area contributed by atoms with Crippen LogP contribution in [-0.2, 0) is 9.47 Å². The summed E-state index contributed by atoms with van der Waals surface area (Å²) in [5.41, 5.74) is 0. The van der Waals surface area contributed by atoms with Crippen LogP contribution in [0.2, 0.25) is 0 Å². The Kier molecular flexibility index (Phi) is 5.01. The van der Waals surface area contributed by atoms with Gasteiger partial charge in [-0.05, 0) is 28.1 Å². The second-order valence-corrected chi connectivity index (χ2v) is 4.03. The highest BCUT2D eigenvalue weighted by Crippen LogP contribution is 2.13. The van der Waals surface area contributed by atoms with Crippen molar-refractivity contribution in [2.75, 3.05) is 32.7 Å². The van der Waals surface area contributed by atoms with Crippen molar-refractivity contribution in [2.24, 2.45) is 0 Å². The van der Waals surface area contributed by atoms with E-state index in [1.807, 2.05) is 24.1 Å². The van der Waals surface area contributed by atoms with E-state index in [1.165, 1.54) is 0 Å². The summed E-state index contributed by atoms with van der Waals surface area (Å²) < 4.78 is 11.2. The molecule has 0 aliphatic heterocycles. The van der Waals surface area contributed by atoms with Crippen LogP contribution in [0.3, 0.4) is 0 Å². The number of rotatable bonds is 5. The van der Waals surface area contributed by atoms with E-state index in [-0.39, 0.29) is 6.29 Å². The monoisotopic (exact) mass is 274 g/mol. The third-order valence-electron chi connectivity index (χ3n) is 2.05. The minimum Gasteiger partial charge on any atom is -0.355 e. The molecule has 1 heterocycles. The van der Waals surface area contributed by atoms with Crippen LogP contribution in [0.25, 0.3) is 0 Å². The highest BCUT2D eigenvalue weighted by molar-refractivity contribution is 9.10.